The molecule has 1 aromatic heterocycles. The molecule has 2 N–H and O–H groups in total. The van der Waals surface area contributed by atoms with Gasteiger partial charge in [-0.15, -0.1) is 0 Å². The Morgan fingerprint density at radius 2 is 2.20 bits per heavy atom. The van der Waals surface area contributed by atoms with Crippen LogP contribution >= 0.6 is 0 Å². The maximum Gasteiger partial charge on any atom is 0.163 e. The molecule has 6 heteroatoms. The van der Waals surface area contributed by atoms with Crippen molar-refractivity contribution in [2.24, 2.45) is 7.05 Å². The van der Waals surface area contributed by atoms with Crippen LogP contribution in [0, 0.1) is 0 Å². The van der Waals surface area contributed by atoms with Crippen molar-refractivity contribution in [3.05, 3.63) is 36.4 Å². The molecule has 0 aliphatic rings. The average Bonchev–Trinajstić information content (AvgIpc) is 2.88. The number of hydrogen-bond acceptors (Lipinski definition) is 5. The van der Waals surface area contributed by atoms with Crippen molar-refractivity contribution in [1.29, 1.82) is 0 Å². The van der Waals surface area contributed by atoms with Crippen molar-refractivity contribution < 1.29 is 14.6 Å². The van der Waals surface area contributed by atoms with E-state index < -0.39 is 0 Å². The van der Waals surface area contributed by atoms with Crippen molar-refractivity contribution in [3.8, 4) is 11.5 Å². The van der Waals surface area contributed by atoms with E-state index in [4.69, 9.17) is 14.6 Å². The predicted octanol–water partition coefficient (Wildman–Crippen LogP) is 1.41. The summed E-state index contributed by atoms with van der Waals surface area (Å²) >= 11 is 0. The van der Waals surface area contributed by atoms with Gasteiger partial charge in [0, 0.05) is 25.0 Å². The largest absolute Gasteiger partial charge is 0.493 e. The van der Waals surface area contributed by atoms with E-state index in [0.29, 0.717) is 18.0 Å². The molecule has 2 aromatic rings. The first-order chi connectivity index (χ1) is 9.74. The summed E-state index contributed by atoms with van der Waals surface area (Å²) in [6.07, 6.45) is 3.58. The Kier molecular flexibility index (Phi) is 4.84. The molecule has 0 amide bonds. The van der Waals surface area contributed by atoms with Crippen molar-refractivity contribution in [2.45, 2.75) is 6.54 Å². The van der Waals surface area contributed by atoms with Crippen molar-refractivity contribution in [2.75, 3.05) is 25.6 Å². The minimum Gasteiger partial charge on any atom is -0.493 e. The number of anilines is 1. The lowest BCUT2D eigenvalue weighted by molar-refractivity contribution is 0.196. The summed E-state index contributed by atoms with van der Waals surface area (Å²) < 4.78 is 12.6. The second kappa shape index (κ2) is 6.81. The van der Waals surface area contributed by atoms with Gasteiger partial charge in [-0.1, -0.05) is 0 Å². The standard InChI is InChI=1S/C14H19N3O3/c1-17-10-15-8-12(17)9-16-11-3-4-13(19-2)14(7-11)20-6-5-18/h3-4,7-8,10,16,18H,5-6,9H2,1-2H3. The highest BCUT2D eigenvalue weighted by Gasteiger charge is 2.06. The molecule has 2 rings (SSSR count). The minimum atomic E-state index is -0.0319. The first kappa shape index (κ1) is 14.2. The molecule has 1 aromatic carbocycles. The minimum absolute atomic E-state index is 0.0319. The fourth-order valence-corrected chi connectivity index (χ4v) is 1.80. The molecule has 0 aliphatic carbocycles. The Morgan fingerprint density at radius 1 is 1.35 bits per heavy atom. The normalized spacial score (nSPS) is 10.3. The van der Waals surface area contributed by atoms with E-state index in [0.717, 1.165) is 11.4 Å². The summed E-state index contributed by atoms with van der Waals surface area (Å²) in [5.74, 6) is 1.25. The maximum atomic E-state index is 8.83. The Labute approximate surface area is 118 Å². The van der Waals surface area contributed by atoms with Crippen LogP contribution in [0.1, 0.15) is 5.69 Å². The molecule has 0 saturated carbocycles. The van der Waals surface area contributed by atoms with Crippen molar-refractivity contribution in [1.82, 2.24) is 9.55 Å². The quantitative estimate of drug-likeness (QED) is 0.801. The molecule has 1 heterocycles. The number of hydrogen-bond donors (Lipinski definition) is 2. The summed E-state index contributed by atoms with van der Waals surface area (Å²) in [5.41, 5.74) is 2.00. The van der Waals surface area contributed by atoms with E-state index in [1.165, 1.54) is 0 Å². The van der Waals surface area contributed by atoms with Crippen LogP contribution in [-0.4, -0.2) is 35.0 Å². The molecule has 0 atom stereocenters. The van der Waals surface area contributed by atoms with Crippen LogP contribution in [-0.2, 0) is 13.6 Å². The SMILES string of the molecule is COc1ccc(NCc2cncn2C)cc1OCCO. The van der Waals surface area contributed by atoms with Gasteiger partial charge in [0.25, 0.3) is 0 Å². The predicted molar refractivity (Wildman–Crippen MR) is 76.1 cm³/mol. The number of imidazole rings is 1. The van der Waals surface area contributed by atoms with Crippen molar-refractivity contribution >= 4 is 5.69 Å². The Morgan fingerprint density at radius 3 is 2.85 bits per heavy atom. The van der Waals surface area contributed by atoms with Gasteiger partial charge in [-0.05, 0) is 12.1 Å². The molecule has 0 bridgehead atoms. The van der Waals surface area contributed by atoms with E-state index in [2.05, 4.69) is 10.3 Å². The fourth-order valence-electron chi connectivity index (χ4n) is 1.80. The highest BCUT2D eigenvalue weighted by atomic mass is 16.5. The van der Waals surface area contributed by atoms with E-state index in [9.17, 15) is 0 Å². The van der Waals surface area contributed by atoms with Crippen LogP contribution in [0.2, 0.25) is 0 Å². The number of aliphatic hydroxyl groups excluding tert-OH is 1. The lowest BCUT2D eigenvalue weighted by Gasteiger charge is -2.13. The molecule has 0 fully saturated rings. The highest BCUT2D eigenvalue weighted by molar-refractivity contribution is 5.54. The lowest BCUT2D eigenvalue weighted by atomic mass is 10.2. The molecule has 6 nitrogen and oxygen atoms in total. The monoisotopic (exact) mass is 277 g/mol. The first-order valence-electron chi connectivity index (χ1n) is 6.35. The number of methoxy groups -OCH3 is 1. The van der Waals surface area contributed by atoms with Gasteiger partial charge in [-0.2, -0.15) is 0 Å². The number of ether oxygens (including phenoxy) is 2. The second-order valence-electron chi connectivity index (χ2n) is 4.29. The Bertz CT molecular complexity index is 554. The summed E-state index contributed by atoms with van der Waals surface area (Å²) in [5, 5.41) is 12.1. The van der Waals surface area contributed by atoms with Crippen LogP contribution in [0.25, 0.3) is 0 Å². The summed E-state index contributed by atoms with van der Waals surface area (Å²) in [6.45, 7) is 0.875. The van der Waals surface area contributed by atoms with Gasteiger partial charge in [0.05, 0.1) is 32.3 Å². The van der Waals surface area contributed by atoms with E-state index >= 15 is 0 Å². The van der Waals surface area contributed by atoms with Gasteiger partial charge in [0.15, 0.2) is 11.5 Å². The zero-order chi connectivity index (χ0) is 14.4. The number of aryl methyl sites for hydroxylation is 1. The fraction of sp³-hybridized carbons (Fsp3) is 0.357. The Hall–Kier alpha value is -2.21. The summed E-state index contributed by atoms with van der Waals surface area (Å²) in [6, 6.07) is 5.60. The molecule has 0 aliphatic heterocycles. The zero-order valence-corrected chi connectivity index (χ0v) is 11.7. The highest BCUT2D eigenvalue weighted by Crippen LogP contribution is 2.30. The van der Waals surface area contributed by atoms with Crippen LogP contribution in [0.5, 0.6) is 11.5 Å². The Balaban J connectivity index is 2.06. The van der Waals surface area contributed by atoms with Gasteiger partial charge < -0.3 is 24.5 Å². The van der Waals surface area contributed by atoms with E-state index in [1.54, 1.807) is 13.4 Å². The first-order valence-corrected chi connectivity index (χ1v) is 6.35. The van der Waals surface area contributed by atoms with Crippen LogP contribution < -0.4 is 14.8 Å². The van der Waals surface area contributed by atoms with Gasteiger partial charge in [0.1, 0.15) is 6.61 Å². The summed E-state index contributed by atoms with van der Waals surface area (Å²) in [7, 11) is 3.54. The van der Waals surface area contributed by atoms with Crippen LogP contribution in [0.4, 0.5) is 5.69 Å². The third-order valence-corrected chi connectivity index (χ3v) is 2.90. The number of rotatable bonds is 7. The summed E-state index contributed by atoms with van der Waals surface area (Å²) in [4.78, 5) is 4.07. The number of aromatic nitrogens is 2. The topological polar surface area (TPSA) is 68.5 Å². The molecule has 0 unspecified atom stereocenters. The van der Waals surface area contributed by atoms with Gasteiger partial charge in [-0.25, -0.2) is 4.98 Å². The maximum absolute atomic E-state index is 8.83. The molecule has 108 valence electrons. The average molecular weight is 277 g/mol. The van der Waals surface area contributed by atoms with Crippen LogP contribution in [0.3, 0.4) is 0 Å². The van der Waals surface area contributed by atoms with Crippen LogP contribution in [0.15, 0.2) is 30.7 Å². The molecule has 0 saturated heterocycles. The van der Waals surface area contributed by atoms with Gasteiger partial charge in [-0.3, -0.25) is 0 Å². The third-order valence-electron chi connectivity index (χ3n) is 2.90. The lowest BCUT2D eigenvalue weighted by Crippen LogP contribution is -2.06. The zero-order valence-electron chi connectivity index (χ0n) is 11.7. The van der Waals surface area contributed by atoms with Crippen molar-refractivity contribution in [3.63, 3.8) is 0 Å². The van der Waals surface area contributed by atoms with E-state index in [1.807, 2.05) is 36.0 Å². The molecule has 20 heavy (non-hydrogen) atoms. The van der Waals surface area contributed by atoms with E-state index in [-0.39, 0.29) is 13.2 Å². The number of nitrogens with one attached hydrogen (secondary N) is 1. The second-order valence-corrected chi connectivity index (χ2v) is 4.29. The molecular weight excluding hydrogens is 258 g/mol. The van der Waals surface area contributed by atoms with Gasteiger partial charge >= 0.3 is 0 Å². The number of nitrogens with zero attached hydrogens (tertiary/aromatic N) is 2. The smallest absolute Gasteiger partial charge is 0.163 e. The number of aliphatic hydroxyl groups is 1. The number of benzene rings is 1. The molecular formula is C14H19N3O3. The third kappa shape index (κ3) is 3.42. The molecule has 0 radical (unpaired) electrons. The van der Waals surface area contributed by atoms with Gasteiger partial charge in [0.2, 0.25) is 0 Å². The molecule has 0 spiro atoms.